The van der Waals surface area contributed by atoms with E-state index in [1.54, 1.807) is 6.07 Å². The number of ether oxygens (including phenoxy) is 2. The van der Waals surface area contributed by atoms with Crippen LogP contribution in [0.4, 0.5) is 13.2 Å². The van der Waals surface area contributed by atoms with Crippen molar-refractivity contribution >= 4 is 0 Å². The first-order valence-electron chi connectivity index (χ1n) is 9.70. The van der Waals surface area contributed by atoms with E-state index in [4.69, 9.17) is 9.47 Å². The van der Waals surface area contributed by atoms with Gasteiger partial charge in [-0.15, -0.1) is 0 Å². The van der Waals surface area contributed by atoms with Gasteiger partial charge in [0.2, 0.25) is 5.82 Å². The molecule has 2 unspecified atom stereocenters. The summed E-state index contributed by atoms with van der Waals surface area (Å²) in [6, 6.07) is 7.24. The number of benzene rings is 2. The monoisotopic (exact) mass is 390 g/mol. The quantitative estimate of drug-likeness (QED) is 0.517. The van der Waals surface area contributed by atoms with Crippen molar-refractivity contribution in [3.63, 3.8) is 0 Å². The summed E-state index contributed by atoms with van der Waals surface area (Å²) >= 11 is 0. The molecule has 1 heterocycles. The van der Waals surface area contributed by atoms with Gasteiger partial charge in [0.15, 0.2) is 11.6 Å². The summed E-state index contributed by atoms with van der Waals surface area (Å²) in [7, 11) is 0. The molecule has 0 aliphatic carbocycles. The van der Waals surface area contributed by atoms with Crippen LogP contribution in [-0.2, 0) is 4.74 Å². The van der Waals surface area contributed by atoms with Gasteiger partial charge in [0, 0.05) is 17.0 Å². The number of hydrogen-bond acceptors (Lipinski definition) is 2. The van der Waals surface area contributed by atoms with E-state index in [1.807, 2.05) is 19.9 Å². The minimum atomic E-state index is -1.11. The highest BCUT2D eigenvalue weighted by Crippen LogP contribution is 2.35. The van der Waals surface area contributed by atoms with Gasteiger partial charge in [-0.05, 0) is 49.9 Å². The molecule has 2 nitrogen and oxygen atoms in total. The Labute approximate surface area is 164 Å². The molecule has 28 heavy (non-hydrogen) atoms. The molecule has 0 amide bonds. The lowest BCUT2D eigenvalue weighted by molar-refractivity contribution is -0.00538. The zero-order valence-electron chi connectivity index (χ0n) is 16.2. The van der Waals surface area contributed by atoms with E-state index < -0.39 is 17.5 Å². The van der Waals surface area contributed by atoms with Crippen molar-refractivity contribution in [1.29, 1.82) is 0 Å². The van der Waals surface area contributed by atoms with Crippen LogP contribution in [0.5, 0.6) is 5.75 Å². The fourth-order valence-electron chi connectivity index (χ4n) is 3.47. The molecule has 1 fully saturated rings. The molecule has 1 aliphatic rings. The van der Waals surface area contributed by atoms with Crippen LogP contribution in [0.25, 0.3) is 11.1 Å². The molecule has 5 heteroatoms. The summed E-state index contributed by atoms with van der Waals surface area (Å²) in [6.07, 6.45) is 6.38. The zero-order chi connectivity index (χ0) is 20.1. The van der Waals surface area contributed by atoms with Crippen LogP contribution in [-0.4, -0.2) is 13.2 Å². The number of hydrogen-bond donors (Lipinski definition) is 0. The third-order valence-corrected chi connectivity index (χ3v) is 4.94. The molecule has 150 valence electrons. The Balaban J connectivity index is 1.80. The minimum absolute atomic E-state index is 0.0183. The SMILES string of the molecule is C/C=C/C1CCC(c2ccc(-c3ccc(OCCC)c(F)c3F)c(F)c2)OC1. The Morgan fingerprint density at radius 3 is 2.50 bits per heavy atom. The average molecular weight is 390 g/mol. The molecule has 1 aliphatic heterocycles. The second-order valence-electron chi connectivity index (χ2n) is 7.01. The maximum atomic E-state index is 14.7. The van der Waals surface area contributed by atoms with Gasteiger partial charge in [0.05, 0.1) is 19.3 Å². The van der Waals surface area contributed by atoms with Gasteiger partial charge >= 0.3 is 0 Å². The lowest BCUT2D eigenvalue weighted by Gasteiger charge is -2.28. The molecule has 2 aromatic carbocycles. The van der Waals surface area contributed by atoms with Crippen LogP contribution in [0.15, 0.2) is 42.5 Å². The normalized spacial score (nSPS) is 19.9. The Hall–Kier alpha value is -2.27. The standard InChI is InChI=1S/C23H25F3O2/c1-3-5-15-6-10-20(28-14-15)16-7-8-17(19(24)13-16)18-9-11-21(27-12-4-2)23(26)22(18)25/h3,5,7-9,11,13,15,20H,4,6,10,12,14H2,1-2H3/b5-3+. The summed E-state index contributed by atoms with van der Waals surface area (Å²) in [5.41, 5.74) is 0.608. The second kappa shape index (κ2) is 9.28. The Kier molecular flexibility index (Phi) is 6.79. The van der Waals surface area contributed by atoms with Crippen LogP contribution in [0.1, 0.15) is 44.8 Å². The molecule has 0 radical (unpaired) electrons. The number of halogens is 3. The van der Waals surface area contributed by atoms with Gasteiger partial charge in [-0.1, -0.05) is 31.2 Å². The van der Waals surface area contributed by atoms with Crippen LogP contribution >= 0.6 is 0 Å². The van der Waals surface area contributed by atoms with Crippen molar-refractivity contribution < 1.29 is 22.6 Å². The predicted molar refractivity (Wildman–Crippen MR) is 104 cm³/mol. The van der Waals surface area contributed by atoms with Crippen molar-refractivity contribution in [2.75, 3.05) is 13.2 Å². The van der Waals surface area contributed by atoms with Crippen molar-refractivity contribution in [1.82, 2.24) is 0 Å². The molecule has 0 N–H and O–H groups in total. The lowest BCUT2D eigenvalue weighted by atomic mass is 9.93. The predicted octanol–water partition coefficient (Wildman–Crippen LogP) is 6.60. The van der Waals surface area contributed by atoms with Gasteiger partial charge in [0.25, 0.3) is 0 Å². The molecule has 1 saturated heterocycles. The van der Waals surface area contributed by atoms with E-state index in [1.165, 1.54) is 24.3 Å². The van der Waals surface area contributed by atoms with Gasteiger partial charge in [-0.25, -0.2) is 8.78 Å². The first-order chi connectivity index (χ1) is 13.5. The second-order valence-corrected chi connectivity index (χ2v) is 7.01. The maximum Gasteiger partial charge on any atom is 0.201 e. The molecular formula is C23H25F3O2. The molecule has 0 bridgehead atoms. The molecule has 2 atom stereocenters. The minimum Gasteiger partial charge on any atom is -0.490 e. The molecule has 0 spiro atoms. The highest BCUT2D eigenvalue weighted by atomic mass is 19.2. The van der Waals surface area contributed by atoms with Crippen LogP contribution in [0.2, 0.25) is 0 Å². The fourth-order valence-corrected chi connectivity index (χ4v) is 3.47. The maximum absolute atomic E-state index is 14.7. The van der Waals surface area contributed by atoms with Gasteiger partial charge < -0.3 is 9.47 Å². The van der Waals surface area contributed by atoms with Crippen LogP contribution in [0.3, 0.4) is 0 Å². The number of rotatable bonds is 6. The smallest absolute Gasteiger partial charge is 0.201 e. The highest BCUT2D eigenvalue weighted by molar-refractivity contribution is 5.66. The van der Waals surface area contributed by atoms with E-state index in [0.29, 0.717) is 24.5 Å². The third-order valence-electron chi connectivity index (χ3n) is 4.94. The van der Waals surface area contributed by atoms with Gasteiger partial charge in [-0.3, -0.25) is 0 Å². The van der Waals surface area contributed by atoms with Gasteiger partial charge in [0.1, 0.15) is 5.82 Å². The molecule has 0 aromatic heterocycles. The molecular weight excluding hydrogens is 365 g/mol. The van der Waals surface area contributed by atoms with Gasteiger partial charge in [-0.2, -0.15) is 4.39 Å². The summed E-state index contributed by atoms with van der Waals surface area (Å²) in [6.45, 7) is 4.73. The van der Waals surface area contributed by atoms with E-state index >= 15 is 0 Å². The summed E-state index contributed by atoms with van der Waals surface area (Å²) in [5, 5.41) is 0. The zero-order valence-corrected chi connectivity index (χ0v) is 16.2. The van der Waals surface area contributed by atoms with Crippen molar-refractivity contribution in [3.05, 3.63) is 65.5 Å². The van der Waals surface area contributed by atoms with E-state index in [0.717, 1.165) is 12.8 Å². The summed E-state index contributed by atoms with van der Waals surface area (Å²) < 4.78 is 54.5. The molecule has 0 saturated carbocycles. The molecule has 2 aromatic rings. The summed E-state index contributed by atoms with van der Waals surface area (Å²) in [5.74, 6) is -2.58. The Morgan fingerprint density at radius 2 is 1.86 bits per heavy atom. The Bertz CT molecular complexity index is 840. The Morgan fingerprint density at radius 1 is 1.07 bits per heavy atom. The number of allylic oxidation sites excluding steroid dienone is 1. The lowest BCUT2D eigenvalue weighted by Crippen LogP contribution is -2.19. The van der Waals surface area contributed by atoms with E-state index in [-0.39, 0.29) is 29.6 Å². The van der Waals surface area contributed by atoms with Crippen molar-refractivity contribution in [2.24, 2.45) is 5.92 Å². The largest absolute Gasteiger partial charge is 0.490 e. The average Bonchev–Trinajstić information content (AvgIpc) is 2.70. The van der Waals surface area contributed by atoms with E-state index in [2.05, 4.69) is 6.08 Å². The van der Waals surface area contributed by atoms with Crippen LogP contribution in [0, 0.1) is 23.4 Å². The van der Waals surface area contributed by atoms with Crippen molar-refractivity contribution in [2.45, 2.75) is 39.2 Å². The topological polar surface area (TPSA) is 18.5 Å². The van der Waals surface area contributed by atoms with Crippen LogP contribution < -0.4 is 4.74 Å². The summed E-state index contributed by atoms with van der Waals surface area (Å²) in [4.78, 5) is 0. The first-order valence-corrected chi connectivity index (χ1v) is 9.70. The third kappa shape index (κ3) is 4.41. The first kappa shape index (κ1) is 20.5. The van der Waals surface area contributed by atoms with E-state index in [9.17, 15) is 13.2 Å². The molecule has 3 rings (SSSR count). The fraction of sp³-hybridized carbons (Fsp3) is 0.391. The highest BCUT2D eigenvalue weighted by Gasteiger charge is 2.23. The van der Waals surface area contributed by atoms with Crippen molar-refractivity contribution in [3.8, 4) is 16.9 Å².